The molecule has 0 spiro atoms. The Bertz CT molecular complexity index is 817. The third kappa shape index (κ3) is 4.47. The van der Waals surface area contributed by atoms with E-state index in [-0.39, 0.29) is 0 Å². The van der Waals surface area contributed by atoms with Crippen LogP contribution in [0.25, 0.3) is 21.3 Å². The van der Waals surface area contributed by atoms with E-state index in [1.165, 1.54) is 18.4 Å². The molecule has 1 saturated carbocycles. The van der Waals surface area contributed by atoms with Gasteiger partial charge >= 0.3 is 0 Å². The van der Waals surface area contributed by atoms with Crippen LogP contribution in [0.15, 0.2) is 27.8 Å². The molecule has 1 heterocycles. The largest absolute Gasteiger partial charge is 0.361 e. The summed E-state index contributed by atoms with van der Waals surface area (Å²) in [7, 11) is -1.10. The smallest absolute Gasteiger partial charge is 0.123 e. The van der Waals surface area contributed by atoms with Crippen LogP contribution in [0.5, 0.6) is 0 Å². The molecular weight excluding hydrogens is 396 g/mol. The number of fused-ring (bicyclic) bond motifs is 1. The van der Waals surface area contributed by atoms with Gasteiger partial charge in [-0.3, -0.25) is 0 Å². The highest BCUT2D eigenvalue weighted by atomic mass is 79.9. The fraction of sp³-hybridized carbons (Fsp3) is 0.556. The van der Waals surface area contributed by atoms with Crippen LogP contribution in [0.2, 0.25) is 25.7 Å². The van der Waals surface area contributed by atoms with E-state index in [0.717, 1.165) is 33.7 Å². The van der Waals surface area contributed by atoms with Gasteiger partial charge < -0.3 is 9.30 Å². The molecule has 5 nitrogen and oxygen atoms in total. The van der Waals surface area contributed by atoms with Crippen LogP contribution in [-0.4, -0.2) is 19.2 Å². The Balaban J connectivity index is 1.90. The average molecular weight is 421 g/mol. The minimum absolute atomic E-state index is 0.321. The van der Waals surface area contributed by atoms with E-state index in [2.05, 4.69) is 68.4 Å². The SMILES string of the molecule is C[Si](C)(C)CCOCn1c(CN=[N+]=[N-])c(Br)c2ccc(C3CC3)cc21. The lowest BCUT2D eigenvalue weighted by molar-refractivity contribution is 0.0884. The zero-order valence-electron chi connectivity index (χ0n) is 15.1. The van der Waals surface area contributed by atoms with Gasteiger partial charge in [0.15, 0.2) is 0 Å². The maximum atomic E-state index is 8.72. The number of azide groups is 1. The van der Waals surface area contributed by atoms with E-state index in [9.17, 15) is 0 Å². The normalized spacial score (nSPS) is 14.7. The summed E-state index contributed by atoms with van der Waals surface area (Å²) in [5, 5.41) is 4.93. The quantitative estimate of drug-likeness (QED) is 0.160. The van der Waals surface area contributed by atoms with E-state index in [4.69, 9.17) is 10.3 Å². The van der Waals surface area contributed by atoms with Crippen molar-refractivity contribution in [1.29, 1.82) is 0 Å². The lowest BCUT2D eigenvalue weighted by Crippen LogP contribution is -2.22. The summed E-state index contributed by atoms with van der Waals surface area (Å²) < 4.78 is 9.16. The summed E-state index contributed by atoms with van der Waals surface area (Å²) in [5.74, 6) is 0.708. The number of hydrogen-bond donors (Lipinski definition) is 0. The molecule has 2 aromatic rings. The van der Waals surface area contributed by atoms with E-state index in [1.54, 1.807) is 0 Å². The third-order valence-corrected chi connectivity index (χ3v) is 7.27. The van der Waals surface area contributed by atoms with Gasteiger partial charge in [0.1, 0.15) is 6.73 Å². The first-order valence-electron chi connectivity index (χ1n) is 8.80. The van der Waals surface area contributed by atoms with Crippen LogP contribution < -0.4 is 0 Å². The van der Waals surface area contributed by atoms with Gasteiger partial charge in [-0.1, -0.05) is 36.9 Å². The standard InChI is InChI=1S/C18H25BrN4OSi/c1-25(2,3)9-8-24-12-23-16-10-14(13-4-5-13)6-7-15(16)18(19)17(23)11-21-22-20/h6-7,10,13H,4-5,8-9,11-12H2,1-3H3. The number of rotatable bonds is 8. The van der Waals surface area contributed by atoms with Gasteiger partial charge in [-0.05, 0) is 57.9 Å². The first kappa shape index (κ1) is 18.5. The van der Waals surface area contributed by atoms with Crippen LogP contribution in [0.1, 0.15) is 30.0 Å². The summed E-state index contributed by atoms with van der Waals surface area (Å²) in [6, 6.07) is 7.81. The predicted octanol–water partition coefficient (Wildman–Crippen LogP) is 6.40. The molecular formula is C18H25BrN4OSi. The summed E-state index contributed by atoms with van der Waals surface area (Å²) >= 11 is 3.70. The molecule has 3 rings (SSSR count). The summed E-state index contributed by atoms with van der Waals surface area (Å²) in [4.78, 5) is 2.92. The van der Waals surface area contributed by atoms with Gasteiger partial charge in [-0.25, -0.2) is 0 Å². The van der Waals surface area contributed by atoms with Gasteiger partial charge in [0, 0.05) is 35.1 Å². The molecule has 1 fully saturated rings. The van der Waals surface area contributed by atoms with Gasteiger partial charge in [-0.15, -0.1) is 0 Å². The van der Waals surface area contributed by atoms with E-state index in [1.807, 2.05) is 0 Å². The highest BCUT2D eigenvalue weighted by Gasteiger charge is 2.25. The molecule has 0 amide bonds. The zero-order chi connectivity index (χ0) is 18.0. The minimum Gasteiger partial charge on any atom is -0.361 e. The van der Waals surface area contributed by atoms with Crippen molar-refractivity contribution in [3.63, 3.8) is 0 Å². The summed E-state index contributed by atoms with van der Waals surface area (Å²) in [6.07, 6.45) is 2.57. The van der Waals surface area contributed by atoms with Crippen LogP contribution in [0.4, 0.5) is 0 Å². The second-order valence-electron chi connectivity index (χ2n) is 7.98. The maximum Gasteiger partial charge on any atom is 0.123 e. The van der Waals surface area contributed by atoms with Crippen molar-refractivity contribution >= 4 is 34.9 Å². The molecule has 0 radical (unpaired) electrons. The van der Waals surface area contributed by atoms with Crippen LogP contribution in [0.3, 0.4) is 0 Å². The molecule has 0 unspecified atom stereocenters. The Morgan fingerprint density at radius 3 is 2.76 bits per heavy atom. The fourth-order valence-electron chi connectivity index (χ4n) is 2.98. The molecule has 1 aliphatic carbocycles. The Labute approximate surface area is 158 Å². The number of nitrogens with zero attached hydrogens (tertiary/aromatic N) is 4. The fourth-order valence-corrected chi connectivity index (χ4v) is 4.41. The van der Waals surface area contributed by atoms with Gasteiger partial charge in [-0.2, -0.15) is 0 Å². The average Bonchev–Trinajstić information content (AvgIpc) is 3.36. The molecule has 7 heteroatoms. The zero-order valence-corrected chi connectivity index (χ0v) is 17.7. The van der Waals surface area contributed by atoms with Crippen LogP contribution in [0, 0.1) is 0 Å². The first-order valence-corrected chi connectivity index (χ1v) is 13.3. The number of aromatic nitrogens is 1. The maximum absolute atomic E-state index is 8.72. The third-order valence-electron chi connectivity index (χ3n) is 4.68. The number of ether oxygens (including phenoxy) is 1. The van der Waals surface area contributed by atoms with E-state index in [0.29, 0.717) is 19.2 Å². The topological polar surface area (TPSA) is 62.9 Å². The molecule has 1 aliphatic rings. The number of hydrogen-bond acceptors (Lipinski definition) is 2. The van der Waals surface area contributed by atoms with Crippen molar-refractivity contribution in [3.8, 4) is 0 Å². The molecule has 0 saturated heterocycles. The Morgan fingerprint density at radius 1 is 1.36 bits per heavy atom. The molecule has 0 bridgehead atoms. The van der Waals surface area contributed by atoms with Crippen molar-refractivity contribution in [2.75, 3.05) is 6.61 Å². The predicted molar refractivity (Wildman–Crippen MR) is 109 cm³/mol. The van der Waals surface area contributed by atoms with E-state index >= 15 is 0 Å². The second-order valence-corrected chi connectivity index (χ2v) is 14.4. The van der Waals surface area contributed by atoms with Crippen molar-refractivity contribution in [1.82, 2.24) is 4.57 Å². The van der Waals surface area contributed by atoms with Gasteiger partial charge in [0.05, 0.1) is 12.1 Å². The van der Waals surface area contributed by atoms with Crippen LogP contribution >= 0.6 is 15.9 Å². The van der Waals surface area contributed by atoms with Crippen LogP contribution in [-0.2, 0) is 18.0 Å². The lowest BCUT2D eigenvalue weighted by atomic mass is 10.1. The molecule has 0 aliphatic heterocycles. The molecule has 0 N–H and O–H groups in total. The van der Waals surface area contributed by atoms with Crippen molar-refractivity contribution in [3.05, 3.63) is 44.4 Å². The van der Waals surface area contributed by atoms with E-state index < -0.39 is 8.07 Å². The molecule has 0 atom stereocenters. The Hall–Kier alpha value is -1.27. The highest BCUT2D eigenvalue weighted by Crippen LogP contribution is 2.42. The Kier molecular flexibility index (Phi) is 5.58. The Morgan fingerprint density at radius 2 is 2.12 bits per heavy atom. The molecule has 1 aromatic heterocycles. The first-order chi connectivity index (χ1) is 11.9. The van der Waals surface area contributed by atoms with Gasteiger partial charge in [0.2, 0.25) is 0 Å². The van der Waals surface area contributed by atoms with Crippen molar-refractivity contribution in [2.45, 2.75) is 57.7 Å². The molecule has 25 heavy (non-hydrogen) atoms. The van der Waals surface area contributed by atoms with Crippen molar-refractivity contribution in [2.24, 2.45) is 5.11 Å². The van der Waals surface area contributed by atoms with Crippen molar-refractivity contribution < 1.29 is 4.74 Å². The summed E-state index contributed by atoms with van der Waals surface area (Å²) in [5.41, 5.74) is 12.3. The minimum atomic E-state index is -1.10. The molecule has 134 valence electrons. The summed E-state index contributed by atoms with van der Waals surface area (Å²) in [6.45, 7) is 8.65. The highest BCUT2D eigenvalue weighted by molar-refractivity contribution is 9.10. The number of benzene rings is 1. The second kappa shape index (κ2) is 7.54. The monoisotopic (exact) mass is 420 g/mol. The lowest BCUT2D eigenvalue weighted by Gasteiger charge is -2.16. The molecule has 1 aromatic carbocycles. The van der Waals surface area contributed by atoms with Gasteiger partial charge in [0.25, 0.3) is 0 Å². The number of halogens is 1.